The summed E-state index contributed by atoms with van der Waals surface area (Å²) in [6.45, 7) is 4.45. The lowest BCUT2D eigenvalue weighted by atomic mass is 10.2. The van der Waals surface area contributed by atoms with Crippen molar-refractivity contribution in [1.29, 1.82) is 0 Å². The van der Waals surface area contributed by atoms with Gasteiger partial charge in [-0.3, -0.25) is 4.79 Å². The van der Waals surface area contributed by atoms with Gasteiger partial charge in [-0.05, 0) is 40.2 Å². The Kier molecular flexibility index (Phi) is 4.83. The van der Waals surface area contributed by atoms with E-state index in [-0.39, 0.29) is 5.91 Å². The lowest BCUT2D eigenvalue weighted by Crippen LogP contribution is -3.13. The number of hydrogen-bond acceptors (Lipinski definition) is 3. The standard InChI is InChI=1S/C19H18BrN3OS/c20-15-6-2-1-5-14(15)19(24)23-11-9-22(10-12-23)13-18-21-16-7-3-4-8-17(16)25-18/h1-8H,9-13H2/p+1. The summed E-state index contributed by atoms with van der Waals surface area (Å²) in [6.07, 6.45) is 0. The molecule has 0 aliphatic carbocycles. The fourth-order valence-electron chi connectivity index (χ4n) is 3.22. The third-order valence-electron chi connectivity index (χ3n) is 4.60. The highest BCUT2D eigenvalue weighted by Crippen LogP contribution is 2.21. The van der Waals surface area contributed by atoms with Gasteiger partial charge >= 0.3 is 0 Å². The van der Waals surface area contributed by atoms with E-state index in [9.17, 15) is 4.79 Å². The first kappa shape index (κ1) is 16.7. The van der Waals surface area contributed by atoms with E-state index in [2.05, 4.69) is 34.1 Å². The predicted octanol–water partition coefficient (Wildman–Crippen LogP) is 2.60. The van der Waals surface area contributed by atoms with Crippen LogP contribution in [0.2, 0.25) is 0 Å². The van der Waals surface area contributed by atoms with Crippen molar-refractivity contribution in [3.8, 4) is 0 Å². The molecule has 128 valence electrons. The van der Waals surface area contributed by atoms with Crippen LogP contribution in [0.15, 0.2) is 53.0 Å². The highest BCUT2D eigenvalue weighted by atomic mass is 79.9. The molecule has 0 atom stereocenters. The smallest absolute Gasteiger partial charge is 0.255 e. The molecule has 0 radical (unpaired) electrons. The Morgan fingerprint density at radius 1 is 1.12 bits per heavy atom. The summed E-state index contributed by atoms with van der Waals surface area (Å²) < 4.78 is 2.11. The number of carbonyl (C=O) groups is 1. The van der Waals surface area contributed by atoms with Crippen molar-refractivity contribution in [3.05, 3.63) is 63.6 Å². The summed E-state index contributed by atoms with van der Waals surface area (Å²) in [5.41, 5.74) is 1.83. The van der Waals surface area contributed by atoms with E-state index in [1.165, 1.54) is 14.6 Å². The summed E-state index contributed by atoms with van der Waals surface area (Å²) in [4.78, 5) is 20.9. The highest BCUT2D eigenvalue weighted by molar-refractivity contribution is 9.10. The van der Waals surface area contributed by atoms with Crippen LogP contribution in [0.1, 0.15) is 15.4 Å². The number of piperazine rings is 1. The minimum Gasteiger partial charge on any atom is -0.327 e. The Morgan fingerprint density at radius 3 is 2.60 bits per heavy atom. The second-order valence-electron chi connectivity index (χ2n) is 6.27. The van der Waals surface area contributed by atoms with Crippen LogP contribution in [0.3, 0.4) is 0 Å². The molecule has 0 unspecified atom stereocenters. The molecule has 1 saturated heterocycles. The second-order valence-corrected chi connectivity index (χ2v) is 8.24. The summed E-state index contributed by atoms with van der Waals surface area (Å²) in [5, 5.41) is 1.18. The average molecular weight is 417 g/mol. The zero-order valence-electron chi connectivity index (χ0n) is 13.7. The van der Waals surface area contributed by atoms with E-state index in [1.807, 2.05) is 35.2 Å². The number of carbonyl (C=O) groups excluding carboxylic acids is 1. The molecule has 2 heterocycles. The number of rotatable bonds is 3. The van der Waals surface area contributed by atoms with Crippen molar-refractivity contribution in [2.45, 2.75) is 6.54 Å². The summed E-state index contributed by atoms with van der Waals surface area (Å²) >= 11 is 5.25. The number of nitrogens with zero attached hydrogens (tertiary/aromatic N) is 2. The van der Waals surface area contributed by atoms with Gasteiger partial charge in [-0.25, -0.2) is 4.98 Å². The maximum atomic E-state index is 12.7. The van der Waals surface area contributed by atoms with Gasteiger partial charge in [0.05, 0.1) is 42.0 Å². The van der Waals surface area contributed by atoms with Crippen molar-refractivity contribution in [2.24, 2.45) is 0 Å². The van der Waals surface area contributed by atoms with Crippen LogP contribution in [-0.2, 0) is 6.54 Å². The number of nitrogens with one attached hydrogen (secondary N) is 1. The number of hydrogen-bond donors (Lipinski definition) is 1. The van der Waals surface area contributed by atoms with Gasteiger partial charge in [-0.2, -0.15) is 0 Å². The minimum absolute atomic E-state index is 0.117. The van der Waals surface area contributed by atoms with Gasteiger partial charge in [0.1, 0.15) is 11.6 Å². The molecule has 0 saturated carbocycles. The molecular weight excluding hydrogens is 398 g/mol. The molecule has 1 aliphatic rings. The molecule has 1 N–H and O–H groups in total. The average Bonchev–Trinajstić information content (AvgIpc) is 3.04. The largest absolute Gasteiger partial charge is 0.327 e. The van der Waals surface area contributed by atoms with E-state index >= 15 is 0 Å². The fraction of sp³-hybridized carbons (Fsp3) is 0.263. The van der Waals surface area contributed by atoms with Gasteiger partial charge in [0.15, 0.2) is 0 Å². The van der Waals surface area contributed by atoms with Gasteiger partial charge in [0.2, 0.25) is 0 Å². The van der Waals surface area contributed by atoms with Crippen molar-refractivity contribution >= 4 is 43.4 Å². The quantitative estimate of drug-likeness (QED) is 0.712. The van der Waals surface area contributed by atoms with E-state index in [0.29, 0.717) is 0 Å². The van der Waals surface area contributed by atoms with Crippen LogP contribution in [0.4, 0.5) is 0 Å². The molecule has 4 rings (SSSR count). The monoisotopic (exact) mass is 416 g/mol. The fourth-order valence-corrected chi connectivity index (χ4v) is 4.71. The molecule has 25 heavy (non-hydrogen) atoms. The Hall–Kier alpha value is -1.76. The molecule has 3 aromatic rings. The molecule has 2 aromatic carbocycles. The lowest BCUT2D eigenvalue weighted by molar-refractivity contribution is -0.917. The van der Waals surface area contributed by atoms with Gasteiger partial charge < -0.3 is 9.80 Å². The maximum Gasteiger partial charge on any atom is 0.255 e. The third kappa shape index (κ3) is 3.61. The number of benzene rings is 2. The highest BCUT2D eigenvalue weighted by Gasteiger charge is 2.26. The van der Waals surface area contributed by atoms with Gasteiger partial charge in [-0.1, -0.05) is 24.3 Å². The number of fused-ring (bicyclic) bond motifs is 1. The van der Waals surface area contributed by atoms with Crippen LogP contribution in [0.25, 0.3) is 10.2 Å². The molecule has 0 spiro atoms. The van der Waals surface area contributed by atoms with Crippen LogP contribution in [0, 0.1) is 0 Å². The number of halogens is 1. The van der Waals surface area contributed by atoms with E-state index in [0.717, 1.165) is 48.3 Å². The van der Waals surface area contributed by atoms with Crippen LogP contribution >= 0.6 is 27.3 Å². The van der Waals surface area contributed by atoms with Gasteiger partial charge in [0.25, 0.3) is 5.91 Å². The lowest BCUT2D eigenvalue weighted by Gasteiger charge is -2.32. The van der Waals surface area contributed by atoms with Gasteiger partial charge in [-0.15, -0.1) is 11.3 Å². The SMILES string of the molecule is O=C(c1ccccc1Br)N1CC[NH+](Cc2nc3ccccc3s2)CC1. The first-order chi connectivity index (χ1) is 12.2. The van der Waals surface area contributed by atoms with E-state index in [4.69, 9.17) is 4.98 Å². The molecule has 1 amide bonds. The Labute approximate surface area is 159 Å². The van der Waals surface area contributed by atoms with Crippen molar-refractivity contribution < 1.29 is 9.69 Å². The Bertz CT molecular complexity index is 869. The topological polar surface area (TPSA) is 37.6 Å². The number of quaternary nitrogens is 1. The second kappa shape index (κ2) is 7.23. The summed E-state index contributed by atoms with van der Waals surface area (Å²) in [5.74, 6) is 0.117. The van der Waals surface area contributed by atoms with Crippen molar-refractivity contribution in [2.75, 3.05) is 26.2 Å². The number of aromatic nitrogens is 1. The van der Waals surface area contributed by atoms with Crippen molar-refractivity contribution in [3.63, 3.8) is 0 Å². The van der Waals surface area contributed by atoms with Crippen molar-refractivity contribution in [1.82, 2.24) is 9.88 Å². The Balaban J connectivity index is 1.38. The zero-order valence-corrected chi connectivity index (χ0v) is 16.1. The van der Waals surface area contributed by atoms with Crippen LogP contribution in [-0.4, -0.2) is 42.0 Å². The third-order valence-corrected chi connectivity index (χ3v) is 6.33. The molecule has 1 aromatic heterocycles. The molecular formula is C19H19BrN3OS+. The number of amides is 1. The summed E-state index contributed by atoms with van der Waals surface area (Å²) in [7, 11) is 0. The number of para-hydroxylation sites is 1. The normalized spacial score (nSPS) is 15.6. The first-order valence-electron chi connectivity index (χ1n) is 8.42. The van der Waals surface area contributed by atoms with Crippen LogP contribution < -0.4 is 4.90 Å². The van der Waals surface area contributed by atoms with E-state index < -0.39 is 0 Å². The molecule has 1 fully saturated rings. The molecule has 0 bridgehead atoms. The number of thiazole rings is 1. The molecule has 4 nitrogen and oxygen atoms in total. The predicted molar refractivity (Wildman–Crippen MR) is 104 cm³/mol. The molecule has 1 aliphatic heterocycles. The van der Waals surface area contributed by atoms with E-state index in [1.54, 1.807) is 11.3 Å². The van der Waals surface area contributed by atoms with Crippen LogP contribution in [0.5, 0.6) is 0 Å². The summed E-state index contributed by atoms with van der Waals surface area (Å²) in [6, 6.07) is 15.9. The zero-order chi connectivity index (χ0) is 17.2. The molecule has 6 heteroatoms. The maximum absolute atomic E-state index is 12.7. The minimum atomic E-state index is 0.117. The first-order valence-corrected chi connectivity index (χ1v) is 10.0. The Morgan fingerprint density at radius 2 is 1.84 bits per heavy atom. The van der Waals surface area contributed by atoms with Gasteiger partial charge in [0, 0.05) is 4.47 Å².